The number of halogens is 1. The Morgan fingerprint density at radius 2 is 1.82 bits per heavy atom. The molecule has 168 valence electrons. The molecular formula is C25H20ClNO6. The van der Waals surface area contributed by atoms with Gasteiger partial charge in [0.15, 0.2) is 11.4 Å². The molecule has 1 N–H and O–H groups in total. The largest absolute Gasteiger partial charge is 0.497 e. The van der Waals surface area contributed by atoms with Crippen molar-refractivity contribution in [1.82, 2.24) is 4.98 Å². The molecule has 0 radical (unpaired) electrons. The topological polar surface area (TPSA) is 95.0 Å². The smallest absolute Gasteiger partial charge is 0.317 e. The molecule has 3 aromatic rings. The van der Waals surface area contributed by atoms with E-state index in [1.54, 1.807) is 48.5 Å². The van der Waals surface area contributed by atoms with Gasteiger partial charge in [0.25, 0.3) is 0 Å². The Balaban J connectivity index is 1.86. The molecule has 1 saturated carbocycles. The van der Waals surface area contributed by atoms with Crippen LogP contribution in [-0.4, -0.2) is 36.1 Å². The molecule has 0 bridgehead atoms. The van der Waals surface area contributed by atoms with Crippen molar-refractivity contribution in [3.8, 4) is 11.5 Å². The number of pyridine rings is 1. The third kappa shape index (κ3) is 2.76. The number of methoxy groups -OCH3 is 2. The van der Waals surface area contributed by atoms with Crippen molar-refractivity contribution in [2.45, 2.75) is 17.1 Å². The van der Waals surface area contributed by atoms with Gasteiger partial charge in [0.05, 0.1) is 25.2 Å². The molecule has 2 heterocycles. The average molecular weight is 466 g/mol. The summed E-state index contributed by atoms with van der Waals surface area (Å²) in [5.41, 5.74) is -2.84. The number of carbonyl (C=O) groups excluding carboxylic acids is 2. The predicted octanol–water partition coefficient (Wildman–Crippen LogP) is 3.37. The van der Waals surface area contributed by atoms with Crippen LogP contribution in [0.15, 0.2) is 66.9 Å². The first-order valence-corrected chi connectivity index (χ1v) is 10.6. The normalized spacial score (nSPS) is 27.5. The van der Waals surface area contributed by atoms with E-state index in [0.717, 1.165) is 0 Å². The first-order chi connectivity index (χ1) is 15.9. The number of benzene rings is 2. The van der Waals surface area contributed by atoms with E-state index in [9.17, 15) is 14.7 Å². The summed E-state index contributed by atoms with van der Waals surface area (Å²) in [6.45, 7) is 0. The van der Waals surface area contributed by atoms with E-state index < -0.39 is 34.8 Å². The van der Waals surface area contributed by atoms with Crippen LogP contribution in [0.1, 0.15) is 22.7 Å². The number of ether oxygens (including phenoxy) is 3. The number of esters is 1. The molecule has 8 heteroatoms. The van der Waals surface area contributed by atoms with Crippen molar-refractivity contribution in [3.05, 3.63) is 88.7 Å². The van der Waals surface area contributed by atoms with Crippen molar-refractivity contribution in [1.29, 1.82) is 0 Å². The molecule has 1 aromatic heterocycles. The van der Waals surface area contributed by atoms with Gasteiger partial charge in [-0.05, 0) is 17.7 Å². The minimum atomic E-state index is -2.26. The Morgan fingerprint density at radius 3 is 2.45 bits per heavy atom. The molecular weight excluding hydrogens is 446 g/mol. The summed E-state index contributed by atoms with van der Waals surface area (Å²) in [5.74, 6) is -2.98. The lowest BCUT2D eigenvalue weighted by Gasteiger charge is -2.39. The molecule has 0 amide bonds. The second-order valence-corrected chi connectivity index (χ2v) is 8.47. The highest BCUT2D eigenvalue weighted by molar-refractivity contribution is 6.30. The van der Waals surface area contributed by atoms with E-state index in [0.29, 0.717) is 16.9 Å². The van der Waals surface area contributed by atoms with Crippen LogP contribution in [0.2, 0.25) is 5.02 Å². The fourth-order valence-corrected chi connectivity index (χ4v) is 5.28. The number of ketones is 1. The molecule has 1 aliphatic carbocycles. The van der Waals surface area contributed by atoms with Gasteiger partial charge in [0.2, 0.25) is 5.60 Å². The van der Waals surface area contributed by atoms with Gasteiger partial charge in [-0.1, -0.05) is 54.1 Å². The Kier molecular flexibility index (Phi) is 4.92. The number of fused-ring (bicyclic) bond motifs is 3. The highest BCUT2D eigenvalue weighted by Gasteiger charge is 2.78. The van der Waals surface area contributed by atoms with Crippen molar-refractivity contribution < 1.29 is 28.9 Å². The van der Waals surface area contributed by atoms with Crippen LogP contribution in [0.5, 0.6) is 11.5 Å². The number of hydrogen-bond donors (Lipinski definition) is 1. The number of hydrogen-bond acceptors (Lipinski definition) is 7. The number of carbonyl (C=O) groups is 2. The Labute approximate surface area is 194 Å². The Morgan fingerprint density at radius 1 is 1.12 bits per heavy atom. The zero-order valence-corrected chi connectivity index (χ0v) is 18.6. The van der Waals surface area contributed by atoms with Crippen LogP contribution < -0.4 is 9.47 Å². The summed E-state index contributed by atoms with van der Waals surface area (Å²) in [4.78, 5) is 31.1. The molecule has 0 saturated heterocycles. The first kappa shape index (κ1) is 21.4. The Bertz CT molecular complexity index is 1250. The highest BCUT2D eigenvalue weighted by Crippen LogP contribution is 2.66. The number of Topliss-reactive ketones (excluding diaryl/α,β-unsaturated/α-hetero) is 1. The lowest BCUT2D eigenvalue weighted by Crippen LogP contribution is -2.51. The third-order valence-electron chi connectivity index (χ3n) is 6.51. The molecule has 33 heavy (non-hydrogen) atoms. The average Bonchev–Trinajstić information content (AvgIpc) is 3.21. The molecule has 0 unspecified atom stereocenters. The third-order valence-corrected chi connectivity index (χ3v) is 6.72. The quantitative estimate of drug-likeness (QED) is 0.466. The van der Waals surface area contributed by atoms with Gasteiger partial charge in [-0.15, -0.1) is 0 Å². The molecule has 1 fully saturated rings. The molecule has 2 aromatic carbocycles. The van der Waals surface area contributed by atoms with Gasteiger partial charge in [0.1, 0.15) is 23.1 Å². The number of aliphatic hydroxyl groups is 1. The summed E-state index contributed by atoms with van der Waals surface area (Å²) >= 11 is 6.15. The molecule has 0 spiro atoms. The van der Waals surface area contributed by atoms with Gasteiger partial charge in [-0.3, -0.25) is 14.6 Å². The van der Waals surface area contributed by atoms with Crippen LogP contribution in [-0.2, 0) is 25.5 Å². The molecule has 7 nitrogen and oxygen atoms in total. The van der Waals surface area contributed by atoms with E-state index in [-0.39, 0.29) is 16.5 Å². The number of aromatic nitrogens is 1. The zero-order chi connectivity index (χ0) is 23.4. The number of rotatable bonds is 4. The summed E-state index contributed by atoms with van der Waals surface area (Å²) in [5, 5.41) is 12.5. The lowest BCUT2D eigenvalue weighted by atomic mass is 9.71. The van der Waals surface area contributed by atoms with E-state index in [1.165, 1.54) is 26.5 Å². The molecule has 1 aliphatic heterocycles. The SMILES string of the molecule is COC(=O)[C@H]1C(=O)[C@@]2(O)c3ncc(Cl)cc3O[C@@]2(c2ccc(OC)cc2)[C@@H]1c1ccccc1. The predicted molar refractivity (Wildman–Crippen MR) is 118 cm³/mol. The van der Waals surface area contributed by atoms with Crippen molar-refractivity contribution in [2.75, 3.05) is 14.2 Å². The van der Waals surface area contributed by atoms with Gasteiger partial charge in [-0.25, -0.2) is 0 Å². The van der Waals surface area contributed by atoms with Crippen LogP contribution >= 0.6 is 11.6 Å². The van der Waals surface area contributed by atoms with E-state index in [4.69, 9.17) is 25.8 Å². The first-order valence-electron chi connectivity index (χ1n) is 10.3. The lowest BCUT2D eigenvalue weighted by molar-refractivity contribution is -0.155. The molecule has 2 aliphatic rings. The van der Waals surface area contributed by atoms with Gasteiger partial charge >= 0.3 is 5.97 Å². The van der Waals surface area contributed by atoms with Crippen LogP contribution in [0.25, 0.3) is 0 Å². The monoisotopic (exact) mass is 465 g/mol. The Hall–Kier alpha value is -3.42. The van der Waals surface area contributed by atoms with E-state index in [1.807, 2.05) is 6.07 Å². The summed E-state index contributed by atoms with van der Waals surface area (Å²) < 4.78 is 16.7. The maximum absolute atomic E-state index is 13.9. The van der Waals surface area contributed by atoms with Crippen LogP contribution in [0.4, 0.5) is 0 Å². The molecule has 4 atom stereocenters. The van der Waals surface area contributed by atoms with Gasteiger partial charge < -0.3 is 19.3 Å². The second kappa shape index (κ2) is 7.57. The highest BCUT2D eigenvalue weighted by atomic mass is 35.5. The summed E-state index contributed by atoms with van der Waals surface area (Å²) in [6, 6.07) is 17.3. The minimum absolute atomic E-state index is 0.0139. The minimum Gasteiger partial charge on any atom is -0.497 e. The maximum Gasteiger partial charge on any atom is 0.317 e. The summed E-state index contributed by atoms with van der Waals surface area (Å²) in [6.07, 6.45) is 1.34. The van der Waals surface area contributed by atoms with E-state index >= 15 is 0 Å². The van der Waals surface area contributed by atoms with Gasteiger partial charge in [-0.2, -0.15) is 0 Å². The van der Waals surface area contributed by atoms with E-state index in [2.05, 4.69) is 4.98 Å². The fourth-order valence-electron chi connectivity index (χ4n) is 5.14. The molecule has 5 rings (SSSR count). The maximum atomic E-state index is 13.9. The second-order valence-electron chi connectivity index (χ2n) is 8.03. The van der Waals surface area contributed by atoms with Crippen molar-refractivity contribution in [3.63, 3.8) is 0 Å². The van der Waals surface area contributed by atoms with Crippen LogP contribution in [0.3, 0.4) is 0 Å². The van der Waals surface area contributed by atoms with Crippen molar-refractivity contribution in [2.24, 2.45) is 5.92 Å². The van der Waals surface area contributed by atoms with Gasteiger partial charge in [0, 0.05) is 17.8 Å². The summed E-state index contributed by atoms with van der Waals surface area (Å²) in [7, 11) is 2.75. The standard InChI is InChI=1S/C25H20ClNO6/c1-31-17-10-8-15(9-11-17)25-20(14-6-4-3-5-7-14)19(23(29)32-2)22(28)24(25,30)21-18(33-25)12-16(26)13-27-21/h3-13,19-20,30H,1-2H3/t19-,20-,24+,25+/m1/s1. The fraction of sp³-hybridized carbons (Fsp3) is 0.240. The zero-order valence-electron chi connectivity index (χ0n) is 17.8. The van der Waals surface area contributed by atoms with Crippen LogP contribution in [0, 0.1) is 5.92 Å². The number of nitrogens with zero attached hydrogens (tertiary/aromatic N) is 1. The van der Waals surface area contributed by atoms with Crippen molar-refractivity contribution >= 4 is 23.4 Å².